The summed E-state index contributed by atoms with van der Waals surface area (Å²) in [6.07, 6.45) is -0.366. The number of ketones is 1. The van der Waals surface area contributed by atoms with Gasteiger partial charge in [-0.3, -0.25) is 24.1 Å². The molecule has 2 amide bonds. The maximum atomic E-state index is 13.5. The van der Waals surface area contributed by atoms with Crippen molar-refractivity contribution in [3.8, 4) is 0 Å². The van der Waals surface area contributed by atoms with Crippen molar-refractivity contribution in [2.24, 2.45) is 17.8 Å². The number of piperidine rings is 1. The van der Waals surface area contributed by atoms with Crippen molar-refractivity contribution in [3.05, 3.63) is 60.7 Å². The van der Waals surface area contributed by atoms with Gasteiger partial charge in [0.15, 0.2) is 5.72 Å². The monoisotopic (exact) mass is 452 g/mol. The van der Waals surface area contributed by atoms with Crippen LogP contribution in [0.15, 0.2) is 60.7 Å². The normalized spacial score (nSPS) is 24.8. The van der Waals surface area contributed by atoms with Gasteiger partial charge < -0.3 is 15.2 Å². The van der Waals surface area contributed by atoms with Crippen molar-refractivity contribution in [2.75, 3.05) is 16.8 Å². The second kappa shape index (κ2) is 9.95. The van der Waals surface area contributed by atoms with Crippen LogP contribution in [0, 0.1) is 17.8 Å². The van der Waals surface area contributed by atoms with E-state index in [9.17, 15) is 24.3 Å². The van der Waals surface area contributed by atoms with E-state index in [-0.39, 0.29) is 13.0 Å². The van der Waals surface area contributed by atoms with Gasteiger partial charge in [0.1, 0.15) is 11.7 Å². The zero-order valence-electron chi connectivity index (χ0n) is 18.9. The van der Waals surface area contributed by atoms with E-state index >= 15 is 0 Å². The Labute approximate surface area is 192 Å². The van der Waals surface area contributed by atoms with Crippen LogP contribution in [0.4, 0.5) is 11.4 Å². The van der Waals surface area contributed by atoms with Gasteiger partial charge in [0.2, 0.25) is 11.8 Å². The lowest BCUT2D eigenvalue weighted by Gasteiger charge is -2.51. The maximum Gasteiger partial charge on any atom is 0.306 e. The molecule has 0 aromatic heterocycles. The van der Waals surface area contributed by atoms with Crippen molar-refractivity contribution >= 4 is 34.9 Å². The molecule has 2 aromatic rings. The van der Waals surface area contributed by atoms with Crippen LogP contribution in [-0.2, 0) is 23.9 Å². The number of esters is 1. The van der Waals surface area contributed by atoms with Crippen LogP contribution in [0.5, 0.6) is 0 Å². The van der Waals surface area contributed by atoms with Crippen molar-refractivity contribution in [2.45, 2.75) is 32.9 Å². The van der Waals surface area contributed by atoms with E-state index in [0.29, 0.717) is 11.4 Å². The highest BCUT2D eigenvalue weighted by atomic mass is 16.5. The van der Waals surface area contributed by atoms with Gasteiger partial charge in [0, 0.05) is 17.3 Å². The molecule has 0 aliphatic carbocycles. The number of nitrogens with zero attached hydrogens (tertiary/aromatic N) is 1. The van der Waals surface area contributed by atoms with Crippen LogP contribution >= 0.6 is 0 Å². The molecule has 8 heteroatoms. The fraction of sp³-hybridized carbons (Fsp3) is 0.360. The minimum Gasteiger partial charge on any atom is -0.466 e. The molecule has 4 atom stereocenters. The third-order valence-electron chi connectivity index (χ3n) is 5.87. The van der Waals surface area contributed by atoms with Crippen LogP contribution in [-0.4, -0.2) is 41.0 Å². The van der Waals surface area contributed by atoms with Crippen LogP contribution in [0.1, 0.15) is 27.2 Å². The number of nitrogens with one attached hydrogen (secondary N) is 1. The molecular weight excluding hydrogens is 424 g/mol. The molecule has 1 aliphatic rings. The number of para-hydroxylation sites is 2. The number of ether oxygens (including phenoxy) is 1. The van der Waals surface area contributed by atoms with E-state index in [1.54, 1.807) is 67.6 Å². The summed E-state index contributed by atoms with van der Waals surface area (Å²) in [6.45, 7) is 4.34. The van der Waals surface area contributed by atoms with E-state index in [1.165, 1.54) is 13.8 Å². The third kappa shape index (κ3) is 4.96. The quantitative estimate of drug-likeness (QED) is 0.493. The predicted octanol–water partition coefficient (Wildman–Crippen LogP) is 2.77. The smallest absolute Gasteiger partial charge is 0.306 e. The lowest BCUT2D eigenvalue weighted by atomic mass is 9.68. The number of benzene rings is 2. The number of hydrogen-bond acceptors (Lipinski definition) is 6. The van der Waals surface area contributed by atoms with Crippen LogP contribution in [0.25, 0.3) is 0 Å². The minimum atomic E-state index is -2.03. The van der Waals surface area contributed by atoms with Crippen LogP contribution in [0.3, 0.4) is 0 Å². The molecule has 33 heavy (non-hydrogen) atoms. The highest BCUT2D eigenvalue weighted by Gasteiger charge is 2.59. The molecule has 2 aromatic carbocycles. The number of Topliss-reactive ketones (excluding diaryl/α,β-unsaturated/α-hetero) is 1. The molecule has 1 heterocycles. The fourth-order valence-corrected chi connectivity index (χ4v) is 4.56. The van der Waals surface area contributed by atoms with Gasteiger partial charge in [-0.2, -0.15) is 0 Å². The largest absolute Gasteiger partial charge is 0.466 e. The second-order valence-electron chi connectivity index (χ2n) is 8.20. The van der Waals surface area contributed by atoms with Crippen LogP contribution in [0.2, 0.25) is 0 Å². The van der Waals surface area contributed by atoms with Gasteiger partial charge in [0.05, 0.1) is 18.9 Å². The Morgan fingerprint density at radius 1 is 1.06 bits per heavy atom. The summed E-state index contributed by atoms with van der Waals surface area (Å²) in [4.78, 5) is 53.2. The molecule has 0 bridgehead atoms. The number of anilines is 2. The van der Waals surface area contributed by atoms with E-state index in [2.05, 4.69) is 5.32 Å². The van der Waals surface area contributed by atoms with E-state index in [1.807, 2.05) is 0 Å². The summed E-state index contributed by atoms with van der Waals surface area (Å²) in [5.74, 6) is -6.12. The number of carbonyl (C=O) groups is 4. The molecule has 1 aliphatic heterocycles. The number of carbonyl (C=O) groups excluding carboxylic acids is 4. The minimum absolute atomic E-state index is 0.109. The molecule has 4 unspecified atom stereocenters. The first kappa shape index (κ1) is 24.1. The topological polar surface area (TPSA) is 113 Å². The van der Waals surface area contributed by atoms with Gasteiger partial charge in [-0.1, -0.05) is 36.4 Å². The molecule has 0 radical (unpaired) electrons. The number of hydrogen-bond donors (Lipinski definition) is 2. The number of rotatable bonds is 7. The van der Waals surface area contributed by atoms with Crippen LogP contribution < -0.4 is 10.2 Å². The summed E-state index contributed by atoms with van der Waals surface area (Å²) < 4.78 is 5.05. The maximum absolute atomic E-state index is 13.5. The molecular formula is C25H28N2O6. The number of aliphatic hydroxyl groups is 1. The summed E-state index contributed by atoms with van der Waals surface area (Å²) in [6, 6.07) is 17.0. The first-order valence-electron chi connectivity index (χ1n) is 10.8. The Morgan fingerprint density at radius 3 is 2.18 bits per heavy atom. The summed E-state index contributed by atoms with van der Waals surface area (Å²) in [5, 5.41) is 14.4. The third-order valence-corrected chi connectivity index (χ3v) is 5.87. The molecule has 3 rings (SSSR count). The first-order valence-corrected chi connectivity index (χ1v) is 10.8. The van der Waals surface area contributed by atoms with Gasteiger partial charge >= 0.3 is 5.97 Å². The Hall–Kier alpha value is -3.52. The molecule has 8 nitrogen and oxygen atoms in total. The zero-order chi connectivity index (χ0) is 24.2. The number of amides is 2. The highest BCUT2D eigenvalue weighted by molar-refractivity contribution is 6.11. The molecule has 1 fully saturated rings. The average Bonchev–Trinajstić information content (AvgIpc) is 2.74. The summed E-state index contributed by atoms with van der Waals surface area (Å²) >= 11 is 0. The van der Waals surface area contributed by atoms with E-state index < -0.39 is 47.0 Å². The van der Waals surface area contributed by atoms with Gasteiger partial charge in [-0.15, -0.1) is 0 Å². The van der Waals surface area contributed by atoms with Gasteiger partial charge in [-0.05, 0) is 45.0 Å². The second-order valence-corrected chi connectivity index (χ2v) is 8.20. The van der Waals surface area contributed by atoms with Crippen molar-refractivity contribution in [1.29, 1.82) is 0 Å². The molecule has 2 N–H and O–H groups in total. The van der Waals surface area contributed by atoms with Crippen molar-refractivity contribution in [1.82, 2.24) is 0 Å². The first-order chi connectivity index (χ1) is 15.7. The van der Waals surface area contributed by atoms with Crippen molar-refractivity contribution < 1.29 is 29.0 Å². The lowest BCUT2D eigenvalue weighted by Crippen LogP contribution is -2.68. The fourth-order valence-electron chi connectivity index (χ4n) is 4.56. The molecule has 0 spiro atoms. The lowest BCUT2D eigenvalue weighted by molar-refractivity contribution is -0.159. The Balaban J connectivity index is 2.12. The highest BCUT2D eigenvalue weighted by Crippen LogP contribution is 2.44. The van der Waals surface area contributed by atoms with Gasteiger partial charge in [-0.25, -0.2) is 0 Å². The van der Waals surface area contributed by atoms with E-state index in [4.69, 9.17) is 4.74 Å². The summed E-state index contributed by atoms with van der Waals surface area (Å²) in [5.41, 5.74) is -1.21. The average molecular weight is 453 g/mol. The summed E-state index contributed by atoms with van der Waals surface area (Å²) in [7, 11) is 0. The molecule has 1 saturated heterocycles. The van der Waals surface area contributed by atoms with Crippen molar-refractivity contribution in [3.63, 3.8) is 0 Å². The van der Waals surface area contributed by atoms with Gasteiger partial charge in [0.25, 0.3) is 0 Å². The Bertz CT molecular complexity index is 1020. The van der Waals surface area contributed by atoms with E-state index in [0.717, 1.165) is 4.90 Å². The Morgan fingerprint density at radius 2 is 1.64 bits per heavy atom. The zero-order valence-corrected chi connectivity index (χ0v) is 18.9. The molecule has 174 valence electrons. The standard InChI is InChI=1S/C25H28N2O6/c1-4-33-20(29)15-19-21(16(2)28)24(31)27(18-13-9-6-10-14-18)25(3,32)22(19)23(30)26-17-11-7-5-8-12-17/h5-14,19,21-22,32H,4,15H2,1-3H3,(H,26,30). The molecule has 0 saturated carbocycles. The predicted molar refractivity (Wildman–Crippen MR) is 122 cm³/mol. The Kier molecular flexibility index (Phi) is 7.28. The SMILES string of the molecule is CCOC(=O)CC1C(C(C)=O)C(=O)N(c2ccccc2)C(C)(O)C1C(=O)Nc1ccccc1.